The van der Waals surface area contributed by atoms with Crippen molar-refractivity contribution in [3.63, 3.8) is 0 Å². The molecule has 0 aliphatic heterocycles. The third-order valence-corrected chi connectivity index (χ3v) is 3.83. The predicted molar refractivity (Wildman–Crippen MR) is 77.6 cm³/mol. The second-order valence-corrected chi connectivity index (χ2v) is 6.24. The molecule has 0 amide bonds. The highest BCUT2D eigenvalue weighted by atomic mass is 35.5. The van der Waals surface area contributed by atoms with Gasteiger partial charge in [-0.1, -0.05) is 17.7 Å². The molecule has 0 spiro atoms. The Morgan fingerprint density at radius 1 is 1.43 bits per heavy atom. The van der Waals surface area contributed by atoms with Gasteiger partial charge in [-0.05, 0) is 32.0 Å². The van der Waals surface area contributed by atoms with Gasteiger partial charge in [0, 0.05) is 11.6 Å². The van der Waals surface area contributed by atoms with Gasteiger partial charge in [0.15, 0.2) is 11.9 Å². The summed E-state index contributed by atoms with van der Waals surface area (Å²) in [6, 6.07) is 6.89. The predicted octanol–water partition coefficient (Wildman–Crippen LogP) is 1.74. The molecule has 1 unspecified atom stereocenters. The quantitative estimate of drug-likeness (QED) is 0.900. The van der Waals surface area contributed by atoms with E-state index in [2.05, 4.69) is 10.2 Å². The van der Waals surface area contributed by atoms with E-state index in [0.717, 1.165) is 0 Å². The number of benzene rings is 1. The van der Waals surface area contributed by atoms with Crippen LogP contribution in [0.4, 0.5) is 0 Å². The summed E-state index contributed by atoms with van der Waals surface area (Å²) in [7, 11) is -3.93. The zero-order chi connectivity index (χ0) is 15.6. The lowest BCUT2D eigenvalue weighted by molar-refractivity contribution is 0.210. The highest BCUT2D eigenvalue weighted by Gasteiger charge is 2.24. The fourth-order valence-electron chi connectivity index (χ4n) is 1.91. The molecule has 1 heterocycles. The molecule has 2 aromatic rings. The molecular weight excluding hydrogens is 316 g/mol. The van der Waals surface area contributed by atoms with E-state index in [4.69, 9.17) is 21.5 Å². The molecule has 0 aliphatic carbocycles. The van der Waals surface area contributed by atoms with E-state index < -0.39 is 16.1 Å². The van der Waals surface area contributed by atoms with Crippen molar-refractivity contribution in [3.8, 4) is 5.75 Å². The number of halogens is 1. The fourth-order valence-corrected chi connectivity index (χ4v) is 2.77. The molecule has 0 fully saturated rings. The van der Waals surface area contributed by atoms with Gasteiger partial charge >= 0.3 is 0 Å². The molecule has 0 bridgehead atoms. The summed E-state index contributed by atoms with van der Waals surface area (Å²) in [6.45, 7) is 3.87. The van der Waals surface area contributed by atoms with Gasteiger partial charge in [-0.2, -0.15) is 0 Å². The van der Waals surface area contributed by atoms with E-state index in [1.165, 1.54) is 4.57 Å². The van der Waals surface area contributed by atoms with Crippen LogP contribution in [0.5, 0.6) is 5.75 Å². The minimum absolute atomic E-state index is 0.276. The van der Waals surface area contributed by atoms with Crippen molar-refractivity contribution in [2.75, 3.05) is 0 Å². The number of primary sulfonamides is 1. The minimum atomic E-state index is -3.93. The number of ether oxygens (including phenoxy) is 1. The average molecular weight is 331 g/mol. The van der Waals surface area contributed by atoms with Crippen molar-refractivity contribution in [3.05, 3.63) is 35.1 Å². The van der Waals surface area contributed by atoms with Crippen molar-refractivity contribution >= 4 is 21.6 Å². The summed E-state index contributed by atoms with van der Waals surface area (Å²) in [5.41, 5.74) is 0. The molecule has 0 radical (unpaired) electrons. The van der Waals surface area contributed by atoms with Gasteiger partial charge < -0.3 is 4.74 Å². The fraction of sp³-hybridized carbons (Fsp3) is 0.333. The van der Waals surface area contributed by atoms with Crippen LogP contribution in [-0.4, -0.2) is 23.2 Å². The molecule has 1 atom stereocenters. The second-order valence-electron chi connectivity index (χ2n) is 4.35. The van der Waals surface area contributed by atoms with Gasteiger partial charge in [-0.25, -0.2) is 13.6 Å². The zero-order valence-electron chi connectivity index (χ0n) is 11.5. The topological polar surface area (TPSA) is 100 Å². The molecule has 1 aromatic heterocycles. The Bertz CT molecular complexity index is 745. The Morgan fingerprint density at radius 2 is 2.14 bits per heavy atom. The van der Waals surface area contributed by atoms with E-state index in [9.17, 15) is 8.42 Å². The maximum Gasteiger partial charge on any atom is 0.273 e. The smallest absolute Gasteiger partial charge is 0.273 e. The van der Waals surface area contributed by atoms with E-state index in [1.807, 2.05) is 0 Å². The number of sulfonamides is 1. The molecular formula is C12H15ClN4O3S. The molecule has 0 saturated heterocycles. The van der Waals surface area contributed by atoms with Crippen LogP contribution < -0.4 is 9.88 Å². The van der Waals surface area contributed by atoms with E-state index in [1.54, 1.807) is 38.1 Å². The summed E-state index contributed by atoms with van der Waals surface area (Å²) < 4.78 is 30.0. The van der Waals surface area contributed by atoms with Crippen LogP contribution in [-0.2, 0) is 16.6 Å². The first-order chi connectivity index (χ1) is 9.82. The second kappa shape index (κ2) is 6.00. The number of nitrogens with zero attached hydrogens (tertiary/aromatic N) is 3. The highest BCUT2D eigenvalue weighted by Crippen LogP contribution is 2.24. The van der Waals surface area contributed by atoms with Gasteiger partial charge in [0.05, 0.1) is 0 Å². The summed E-state index contributed by atoms with van der Waals surface area (Å²) in [6.07, 6.45) is -0.508. The Balaban J connectivity index is 2.32. The first-order valence-corrected chi connectivity index (χ1v) is 8.13. The highest BCUT2D eigenvalue weighted by molar-refractivity contribution is 7.89. The molecule has 2 N–H and O–H groups in total. The Kier molecular flexibility index (Phi) is 4.50. The van der Waals surface area contributed by atoms with Crippen molar-refractivity contribution in [2.45, 2.75) is 31.7 Å². The molecule has 114 valence electrons. The summed E-state index contributed by atoms with van der Waals surface area (Å²) in [4.78, 5) is 0. The third-order valence-electron chi connectivity index (χ3n) is 2.79. The SMILES string of the molecule is CCn1c(C(C)Oc2cccc(Cl)c2)nnc1S(N)(=O)=O. The molecule has 9 heteroatoms. The zero-order valence-corrected chi connectivity index (χ0v) is 13.1. The molecule has 7 nitrogen and oxygen atoms in total. The lowest BCUT2D eigenvalue weighted by Crippen LogP contribution is -2.20. The van der Waals surface area contributed by atoms with Gasteiger partial charge in [-0.3, -0.25) is 4.57 Å². The molecule has 2 rings (SSSR count). The van der Waals surface area contributed by atoms with Crippen LogP contribution in [0, 0.1) is 0 Å². The van der Waals surface area contributed by atoms with Crippen LogP contribution in [0.3, 0.4) is 0 Å². The number of rotatable bonds is 5. The number of nitrogens with two attached hydrogens (primary N) is 1. The van der Waals surface area contributed by atoms with Crippen molar-refractivity contribution in [2.24, 2.45) is 5.14 Å². The Morgan fingerprint density at radius 3 is 2.71 bits per heavy atom. The van der Waals surface area contributed by atoms with Crippen LogP contribution in [0.25, 0.3) is 0 Å². The van der Waals surface area contributed by atoms with Crippen LogP contribution in [0.2, 0.25) is 5.02 Å². The first-order valence-electron chi connectivity index (χ1n) is 6.21. The number of hydrogen-bond acceptors (Lipinski definition) is 5. The molecule has 0 saturated carbocycles. The van der Waals surface area contributed by atoms with Crippen LogP contribution in [0.1, 0.15) is 25.8 Å². The Labute approximate surface area is 127 Å². The summed E-state index contributed by atoms with van der Waals surface area (Å²) in [5, 5.41) is 12.9. The lowest BCUT2D eigenvalue weighted by Gasteiger charge is -2.15. The monoisotopic (exact) mass is 330 g/mol. The van der Waals surface area contributed by atoms with Gasteiger partial charge in [0.2, 0.25) is 0 Å². The number of hydrogen-bond donors (Lipinski definition) is 1. The molecule has 21 heavy (non-hydrogen) atoms. The molecule has 1 aromatic carbocycles. The number of aromatic nitrogens is 3. The van der Waals surface area contributed by atoms with E-state index in [-0.39, 0.29) is 5.16 Å². The van der Waals surface area contributed by atoms with Crippen molar-refractivity contribution < 1.29 is 13.2 Å². The van der Waals surface area contributed by atoms with E-state index >= 15 is 0 Å². The molecule has 0 aliphatic rings. The van der Waals surface area contributed by atoms with Crippen LogP contribution in [0.15, 0.2) is 29.4 Å². The first kappa shape index (κ1) is 15.7. The van der Waals surface area contributed by atoms with Crippen molar-refractivity contribution in [1.29, 1.82) is 0 Å². The Hall–Kier alpha value is -1.64. The van der Waals surface area contributed by atoms with Crippen LogP contribution >= 0.6 is 11.6 Å². The average Bonchev–Trinajstić information content (AvgIpc) is 2.82. The van der Waals surface area contributed by atoms with Gasteiger partial charge in [0.25, 0.3) is 15.2 Å². The van der Waals surface area contributed by atoms with Gasteiger partial charge in [0.1, 0.15) is 5.75 Å². The third kappa shape index (κ3) is 3.52. The summed E-state index contributed by atoms with van der Waals surface area (Å²) in [5.74, 6) is 0.930. The van der Waals surface area contributed by atoms with Crippen molar-refractivity contribution in [1.82, 2.24) is 14.8 Å². The lowest BCUT2D eigenvalue weighted by atomic mass is 10.3. The minimum Gasteiger partial charge on any atom is -0.483 e. The standard InChI is InChI=1S/C12H15ClN4O3S/c1-3-17-11(15-16-12(17)21(14,18)19)8(2)20-10-6-4-5-9(13)7-10/h4-8H,3H2,1-2H3,(H2,14,18,19). The van der Waals surface area contributed by atoms with E-state index in [0.29, 0.717) is 23.1 Å². The normalized spacial score (nSPS) is 13.1. The maximum absolute atomic E-state index is 11.4. The van der Waals surface area contributed by atoms with Gasteiger partial charge in [-0.15, -0.1) is 10.2 Å². The maximum atomic E-state index is 11.4. The largest absolute Gasteiger partial charge is 0.483 e. The summed E-state index contributed by atoms with van der Waals surface area (Å²) >= 11 is 5.89.